The molecule has 6 nitrogen and oxygen atoms in total. The minimum absolute atomic E-state index is 0.0975. The van der Waals surface area contributed by atoms with Gasteiger partial charge in [-0.05, 0) is 48.7 Å². The Hall–Kier alpha value is -3.26. The van der Waals surface area contributed by atoms with E-state index in [4.69, 9.17) is 16.3 Å². The van der Waals surface area contributed by atoms with Crippen LogP contribution >= 0.6 is 11.6 Å². The minimum Gasteiger partial charge on any atom is -0.481 e. The molecule has 0 fully saturated rings. The number of hydrogen-bond acceptors (Lipinski definition) is 5. The van der Waals surface area contributed by atoms with Crippen LogP contribution in [0.3, 0.4) is 0 Å². The molecule has 0 saturated heterocycles. The number of carbonyl (C=O) groups is 1. The van der Waals surface area contributed by atoms with Gasteiger partial charge in [0.1, 0.15) is 11.6 Å². The largest absolute Gasteiger partial charge is 0.481 e. The first kappa shape index (κ1) is 20.0. The first-order chi connectivity index (χ1) is 14.5. The molecule has 0 bridgehead atoms. The minimum atomic E-state index is -0.578. The number of benzene rings is 2. The van der Waals surface area contributed by atoms with Gasteiger partial charge in [0, 0.05) is 29.1 Å². The molecule has 2 N–H and O–H groups in total. The van der Waals surface area contributed by atoms with Gasteiger partial charge in [-0.25, -0.2) is 13.8 Å². The van der Waals surface area contributed by atoms with Crippen molar-refractivity contribution in [3.8, 4) is 5.88 Å². The molecule has 0 aliphatic heterocycles. The highest BCUT2D eigenvalue weighted by Gasteiger charge is 2.30. The van der Waals surface area contributed by atoms with E-state index in [2.05, 4.69) is 20.6 Å². The highest BCUT2D eigenvalue weighted by Crippen LogP contribution is 2.37. The molecule has 0 saturated carbocycles. The van der Waals surface area contributed by atoms with Gasteiger partial charge in [0.25, 0.3) is 5.91 Å². The summed E-state index contributed by atoms with van der Waals surface area (Å²) < 4.78 is 33.1. The Morgan fingerprint density at radius 2 is 2.00 bits per heavy atom. The van der Waals surface area contributed by atoms with Crippen LogP contribution in [0.15, 0.2) is 42.6 Å². The maximum atomic E-state index is 14.7. The summed E-state index contributed by atoms with van der Waals surface area (Å²) in [4.78, 5) is 21.1. The quantitative estimate of drug-likeness (QED) is 0.610. The van der Waals surface area contributed by atoms with E-state index in [0.29, 0.717) is 47.0 Å². The maximum Gasteiger partial charge on any atom is 0.255 e. The molecular weight excluding hydrogens is 414 g/mol. The zero-order chi connectivity index (χ0) is 21.3. The number of carbonyl (C=O) groups excluding carboxylic acids is 1. The van der Waals surface area contributed by atoms with Crippen LogP contribution in [0.5, 0.6) is 5.88 Å². The van der Waals surface area contributed by atoms with Crippen molar-refractivity contribution in [1.82, 2.24) is 9.97 Å². The van der Waals surface area contributed by atoms with E-state index in [1.165, 1.54) is 43.6 Å². The highest BCUT2D eigenvalue weighted by atomic mass is 35.5. The molecule has 1 aliphatic rings. The summed E-state index contributed by atoms with van der Waals surface area (Å²) in [6.45, 7) is 0. The fraction of sp³-hybridized carbons (Fsp3) is 0.190. The van der Waals surface area contributed by atoms with Gasteiger partial charge in [0.05, 0.1) is 18.2 Å². The van der Waals surface area contributed by atoms with Crippen molar-refractivity contribution >= 4 is 29.1 Å². The van der Waals surface area contributed by atoms with Gasteiger partial charge < -0.3 is 15.4 Å². The topological polar surface area (TPSA) is 76.1 Å². The third-order valence-electron chi connectivity index (χ3n) is 4.90. The van der Waals surface area contributed by atoms with Crippen LogP contribution < -0.4 is 15.4 Å². The molecule has 1 atom stereocenters. The number of ether oxygens (including phenoxy) is 1. The zero-order valence-electron chi connectivity index (χ0n) is 15.9. The molecule has 30 heavy (non-hydrogen) atoms. The fourth-order valence-electron chi connectivity index (χ4n) is 3.53. The number of anilines is 2. The summed E-state index contributed by atoms with van der Waals surface area (Å²) in [6, 6.07) is 7.83. The lowest BCUT2D eigenvalue weighted by molar-refractivity contribution is 0.102. The van der Waals surface area contributed by atoms with Gasteiger partial charge >= 0.3 is 0 Å². The van der Waals surface area contributed by atoms with Crippen LogP contribution in [-0.2, 0) is 6.42 Å². The van der Waals surface area contributed by atoms with E-state index in [1.807, 2.05) is 0 Å². The number of methoxy groups -OCH3 is 1. The second-order valence-electron chi connectivity index (χ2n) is 6.73. The molecule has 1 heterocycles. The van der Waals surface area contributed by atoms with Crippen molar-refractivity contribution in [3.63, 3.8) is 0 Å². The van der Waals surface area contributed by atoms with Gasteiger partial charge in [-0.3, -0.25) is 4.79 Å². The molecule has 1 aromatic heterocycles. The highest BCUT2D eigenvalue weighted by molar-refractivity contribution is 6.31. The second kappa shape index (κ2) is 8.23. The van der Waals surface area contributed by atoms with Crippen LogP contribution in [0.25, 0.3) is 0 Å². The van der Waals surface area contributed by atoms with Crippen LogP contribution in [-0.4, -0.2) is 23.0 Å². The van der Waals surface area contributed by atoms with Crippen molar-refractivity contribution in [2.24, 2.45) is 0 Å². The summed E-state index contributed by atoms with van der Waals surface area (Å²) in [5, 5.41) is 5.69. The first-order valence-corrected chi connectivity index (χ1v) is 9.55. The number of nitrogens with zero attached hydrogens (tertiary/aromatic N) is 2. The van der Waals surface area contributed by atoms with E-state index in [9.17, 15) is 13.6 Å². The number of amides is 1. The average molecular weight is 431 g/mol. The Morgan fingerprint density at radius 1 is 1.20 bits per heavy atom. The van der Waals surface area contributed by atoms with Crippen LogP contribution in [0.2, 0.25) is 5.02 Å². The van der Waals surface area contributed by atoms with Gasteiger partial charge in [-0.1, -0.05) is 11.6 Å². The number of rotatable bonds is 5. The monoisotopic (exact) mass is 430 g/mol. The summed E-state index contributed by atoms with van der Waals surface area (Å²) in [5.74, 6) is -0.720. The van der Waals surface area contributed by atoms with E-state index in [-0.39, 0.29) is 11.1 Å². The molecule has 2 aromatic carbocycles. The molecule has 9 heteroatoms. The third kappa shape index (κ3) is 3.91. The lowest BCUT2D eigenvalue weighted by atomic mass is 10.0. The zero-order valence-corrected chi connectivity index (χ0v) is 16.6. The van der Waals surface area contributed by atoms with Gasteiger partial charge in [-0.15, -0.1) is 0 Å². The molecule has 0 spiro atoms. The summed E-state index contributed by atoms with van der Waals surface area (Å²) in [7, 11) is 1.50. The Morgan fingerprint density at radius 3 is 2.77 bits per heavy atom. The molecule has 4 rings (SSSR count). The molecule has 1 amide bonds. The molecular formula is C21H17ClF2N4O2. The smallest absolute Gasteiger partial charge is 0.255 e. The standard InChI is InChI=1S/C21H17ClF2N4O2/c1-30-18-8-9-25-21(28-18)27-17-7-4-12-13(3-6-16(24)19(12)17)20(29)26-11-2-5-15(23)14(22)10-11/h2-3,5-6,8-10,17H,4,7H2,1H3,(H,26,29)(H,25,27,28). The maximum absolute atomic E-state index is 14.7. The van der Waals surface area contributed by atoms with Crippen molar-refractivity contribution in [1.29, 1.82) is 0 Å². The Balaban J connectivity index is 1.60. The summed E-state index contributed by atoms with van der Waals surface area (Å²) >= 11 is 5.77. The molecule has 3 aromatic rings. The molecule has 1 unspecified atom stereocenters. The Bertz CT molecular complexity index is 1130. The van der Waals surface area contributed by atoms with Gasteiger partial charge in [0.2, 0.25) is 11.8 Å². The Labute approximate surface area is 176 Å². The third-order valence-corrected chi connectivity index (χ3v) is 5.19. The summed E-state index contributed by atoms with van der Waals surface area (Å²) in [5.41, 5.74) is 1.72. The Kier molecular flexibility index (Phi) is 5.50. The van der Waals surface area contributed by atoms with Crippen molar-refractivity contribution in [3.05, 3.63) is 75.9 Å². The summed E-state index contributed by atoms with van der Waals surface area (Å²) in [6.07, 6.45) is 2.61. The van der Waals surface area contributed by atoms with Crippen LogP contribution in [0, 0.1) is 11.6 Å². The number of hydrogen-bond donors (Lipinski definition) is 2. The van der Waals surface area contributed by atoms with E-state index >= 15 is 0 Å². The lowest BCUT2D eigenvalue weighted by Gasteiger charge is -2.16. The predicted molar refractivity (Wildman–Crippen MR) is 109 cm³/mol. The average Bonchev–Trinajstić information content (AvgIpc) is 3.15. The lowest BCUT2D eigenvalue weighted by Crippen LogP contribution is -2.16. The molecule has 154 valence electrons. The molecule has 1 aliphatic carbocycles. The fourth-order valence-corrected chi connectivity index (χ4v) is 3.71. The van der Waals surface area contributed by atoms with Crippen LogP contribution in [0.4, 0.5) is 20.4 Å². The van der Waals surface area contributed by atoms with Gasteiger partial charge in [0.15, 0.2) is 0 Å². The number of halogens is 3. The first-order valence-electron chi connectivity index (χ1n) is 9.17. The number of nitrogens with one attached hydrogen (secondary N) is 2. The van der Waals surface area contributed by atoms with E-state index < -0.39 is 17.5 Å². The predicted octanol–water partition coefficient (Wildman–Crippen LogP) is 4.77. The van der Waals surface area contributed by atoms with Gasteiger partial charge in [-0.2, -0.15) is 4.98 Å². The normalized spacial score (nSPS) is 14.9. The van der Waals surface area contributed by atoms with E-state index in [1.54, 1.807) is 6.07 Å². The SMILES string of the molecule is COc1ccnc(NC2CCc3c(C(=O)Nc4ccc(F)c(Cl)c4)ccc(F)c32)n1. The molecule has 0 radical (unpaired) electrons. The number of fused-ring (bicyclic) bond motifs is 1. The van der Waals surface area contributed by atoms with Crippen LogP contribution in [0.1, 0.15) is 33.9 Å². The van der Waals surface area contributed by atoms with E-state index in [0.717, 1.165) is 0 Å². The van der Waals surface area contributed by atoms with Crippen molar-refractivity contribution in [2.45, 2.75) is 18.9 Å². The van der Waals surface area contributed by atoms with Crippen molar-refractivity contribution in [2.75, 3.05) is 17.7 Å². The second-order valence-corrected chi connectivity index (χ2v) is 7.14. The van der Waals surface area contributed by atoms with Crippen molar-refractivity contribution < 1.29 is 18.3 Å². The number of aromatic nitrogens is 2.